The van der Waals surface area contributed by atoms with Crippen molar-refractivity contribution < 1.29 is 24.2 Å². The lowest BCUT2D eigenvalue weighted by molar-refractivity contribution is -0.136. The first-order chi connectivity index (χ1) is 13.4. The highest BCUT2D eigenvalue weighted by atomic mass is 16.5. The fourth-order valence-electron chi connectivity index (χ4n) is 4.27. The lowest BCUT2D eigenvalue weighted by atomic mass is 10.0. The number of imide groups is 1. The minimum absolute atomic E-state index is 0.106. The minimum Gasteiger partial charge on any atom is -0.489 e. The molecule has 2 saturated heterocycles. The van der Waals surface area contributed by atoms with E-state index < -0.39 is 18.1 Å². The van der Waals surface area contributed by atoms with Gasteiger partial charge in [0.15, 0.2) is 0 Å². The number of piperidine rings is 2. The third-order valence-corrected chi connectivity index (χ3v) is 5.71. The summed E-state index contributed by atoms with van der Waals surface area (Å²) in [6.07, 6.45) is 0.654. The van der Waals surface area contributed by atoms with Crippen molar-refractivity contribution in [1.82, 2.24) is 15.1 Å². The van der Waals surface area contributed by atoms with E-state index in [0.29, 0.717) is 37.2 Å². The molecule has 3 amide bonds. The summed E-state index contributed by atoms with van der Waals surface area (Å²) in [5, 5.41) is 12.3. The number of nitrogens with zero attached hydrogens (tertiary/aromatic N) is 2. The van der Waals surface area contributed by atoms with Crippen LogP contribution in [0.25, 0.3) is 0 Å². The number of β-amino-alcohol motifs (C(OH)–C–C–N with tert-alkyl or cyclic N) is 1. The van der Waals surface area contributed by atoms with Crippen LogP contribution in [0.5, 0.6) is 5.75 Å². The lowest BCUT2D eigenvalue weighted by Gasteiger charge is -2.35. The second-order valence-corrected chi connectivity index (χ2v) is 7.70. The molecular weight excluding hydrogens is 362 g/mol. The van der Waals surface area contributed by atoms with Crippen molar-refractivity contribution in [3.63, 3.8) is 0 Å². The number of likely N-dealkylation sites (tertiary alicyclic amines) is 1. The maximum atomic E-state index is 12.7. The van der Waals surface area contributed by atoms with Crippen LogP contribution in [0.4, 0.5) is 0 Å². The number of amides is 3. The van der Waals surface area contributed by atoms with Crippen molar-refractivity contribution in [3.05, 3.63) is 29.3 Å². The molecule has 1 aromatic rings. The Bertz CT molecular complexity index is 811. The number of carbonyl (C=O) groups excluding carboxylic acids is 3. The molecule has 0 aliphatic carbocycles. The van der Waals surface area contributed by atoms with Crippen LogP contribution in [0.15, 0.2) is 18.2 Å². The Labute approximate surface area is 163 Å². The topological polar surface area (TPSA) is 99.2 Å². The van der Waals surface area contributed by atoms with Crippen molar-refractivity contribution in [1.29, 1.82) is 0 Å². The van der Waals surface area contributed by atoms with Gasteiger partial charge in [-0.05, 0) is 36.7 Å². The van der Waals surface area contributed by atoms with Crippen LogP contribution >= 0.6 is 0 Å². The number of ether oxygens (including phenoxy) is 1. The van der Waals surface area contributed by atoms with E-state index >= 15 is 0 Å². The maximum Gasteiger partial charge on any atom is 0.255 e. The van der Waals surface area contributed by atoms with E-state index in [1.54, 1.807) is 12.1 Å². The quantitative estimate of drug-likeness (QED) is 0.720. The first-order valence-corrected chi connectivity index (χ1v) is 9.79. The second kappa shape index (κ2) is 7.52. The van der Waals surface area contributed by atoms with Crippen LogP contribution in [0.2, 0.25) is 0 Å². The molecule has 4 rings (SSSR count). The summed E-state index contributed by atoms with van der Waals surface area (Å²) in [5.74, 6) is -0.241. The Balaban J connectivity index is 1.46. The molecule has 0 spiro atoms. The Morgan fingerprint density at radius 1 is 1.25 bits per heavy atom. The third kappa shape index (κ3) is 3.62. The fourth-order valence-corrected chi connectivity index (χ4v) is 4.27. The molecule has 2 N–H and O–H groups in total. The van der Waals surface area contributed by atoms with Crippen LogP contribution in [0.1, 0.15) is 42.1 Å². The molecule has 28 heavy (non-hydrogen) atoms. The van der Waals surface area contributed by atoms with Gasteiger partial charge in [-0.2, -0.15) is 0 Å². The number of hydrogen-bond donors (Lipinski definition) is 2. The molecule has 0 saturated carbocycles. The Hall–Kier alpha value is -2.45. The van der Waals surface area contributed by atoms with Crippen LogP contribution in [-0.2, 0) is 16.1 Å². The summed E-state index contributed by atoms with van der Waals surface area (Å²) in [5.41, 5.74) is 1.38. The van der Waals surface area contributed by atoms with Gasteiger partial charge in [0.2, 0.25) is 11.8 Å². The first kappa shape index (κ1) is 18.9. The normalized spacial score (nSPS) is 28.3. The van der Waals surface area contributed by atoms with Crippen molar-refractivity contribution in [2.75, 3.05) is 19.6 Å². The molecule has 3 aliphatic rings. The number of aliphatic hydroxyl groups excluding tert-OH is 1. The van der Waals surface area contributed by atoms with E-state index in [1.807, 2.05) is 6.07 Å². The summed E-state index contributed by atoms with van der Waals surface area (Å²) in [6, 6.07) is 4.72. The zero-order valence-electron chi connectivity index (χ0n) is 15.9. The zero-order chi connectivity index (χ0) is 19.8. The smallest absolute Gasteiger partial charge is 0.255 e. The van der Waals surface area contributed by atoms with Gasteiger partial charge < -0.3 is 14.7 Å². The number of carbonyl (C=O) groups is 3. The van der Waals surface area contributed by atoms with Crippen LogP contribution < -0.4 is 10.1 Å². The van der Waals surface area contributed by atoms with Gasteiger partial charge in [-0.1, -0.05) is 6.92 Å². The van der Waals surface area contributed by atoms with Gasteiger partial charge in [0, 0.05) is 38.0 Å². The first-order valence-electron chi connectivity index (χ1n) is 9.79. The van der Waals surface area contributed by atoms with Crippen LogP contribution in [-0.4, -0.2) is 70.5 Å². The van der Waals surface area contributed by atoms with Gasteiger partial charge in [-0.3, -0.25) is 24.6 Å². The highest BCUT2D eigenvalue weighted by molar-refractivity contribution is 6.05. The van der Waals surface area contributed by atoms with Gasteiger partial charge in [-0.25, -0.2) is 0 Å². The predicted molar refractivity (Wildman–Crippen MR) is 99.6 cm³/mol. The SMILES string of the molecule is CCN1C[C@H](O)C[C@@H](Oc2ccc3c(c2)CN(C2CCC(=O)NC2=O)C3=O)C1. The molecule has 0 radical (unpaired) electrons. The van der Waals surface area contributed by atoms with Gasteiger partial charge in [0.25, 0.3) is 5.91 Å². The van der Waals surface area contributed by atoms with Gasteiger partial charge >= 0.3 is 0 Å². The number of benzene rings is 1. The Morgan fingerprint density at radius 2 is 2.07 bits per heavy atom. The molecule has 1 aromatic carbocycles. The molecule has 8 nitrogen and oxygen atoms in total. The maximum absolute atomic E-state index is 12.7. The Morgan fingerprint density at radius 3 is 2.82 bits per heavy atom. The van der Waals surface area contributed by atoms with Gasteiger partial charge in [0.1, 0.15) is 17.9 Å². The fraction of sp³-hybridized carbons (Fsp3) is 0.550. The molecule has 0 bridgehead atoms. The van der Waals surface area contributed by atoms with E-state index in [1.165, 1.54) is 4.90 Å². The van der Waals surface area contributed by atoms with Crippen molar-refractivity contribution >= 4 is 17.7 Å². The van der Waals surface area contributed by atoms with Crippen molar-refractivity contribution in [2.45, 2.75) is 51.0 Å². The lowest BCUT2D eigenvalue weighted by Crippen LogP contribution is -2.52. The average molecular weight is 387 g/mol. The Kier molecular flexibility index (Phi) is 5.07. The van der Waals surface area contributed by atoms with Crippen molar-refractivity contribution in [3.8, 4) is 5.75 Å². The molecule has 3 atom stereocenters. The molecule has 3 aliphatic heterocycles. The summed E-state index contributed by atoms with van der Waals surface area (Å²) < 4.78 is 6.08. The average Bonchev–Trinajstić information content (AvgIpc) is 2.97. The minimum atomic E-state index is -0.617. The van der Waals surface area contributed by atoms with Gasteiger partial charge in [-0.15, -0.1) is 0 Å². The number of fused-ring (bicyclic) bond motifs is 1. The number of hydrogen-bond acceptors (Lipinski definition) is 6. The van der Waals surface area contributed by atoms with E-state index in [0.717, 1.165) is 18.7 Å². The molecule has 3 heterocycles. The summed E-state index contributed by atoms with van der Waals surface area (Å²) in [4.78, 5) is 39.9. The summed E-state index contributed by atoms with van der Waals surface area (Å²) in [6.45, 7) is 4.66. The van der Waals surface area contributed by atoms with E-state index in [-0.39, 0.29) is 24.3 Å². The molecule has 1 unspecified atom stereocenters. The number of rotatable bonds is 4. The highest BCUT2D eigenvalue weighted by Gasteiger charge is 2.39. The molecule has 8 heteroatoms. The molecule has 2 fully saturated rings. The monoisotopic (exact) mass is 387 g/mol. The summed E-state index contributed by atoms with van der Waals surface area (Å²) >= 11 is 0. The highest BCUT2D eigenvalue weighted by Crippen LogP contribution is 2.31. The predicted octanol–water partition coefficient (Wildman–Crippen LogP) is 0.282. The number of aliphatic hydroxyl groups is 1. The summed E-state index contributed by atoms with van der Waals surface area (Å²) in [7, 11) is 0. The van der Waals surface area contributed by atoms with Crippen LogP contribution in [0.3, 0.4) is 0 Å². The number of likely N-dealkylation sites (N-methyl/N-ethyl adjacent to an activating group) is 1. The molecular formula is C20H25N3O5. The van der Waals surface area contributed by atoms with E-state index in [2.05, 4.69) is 17.1 Å². The van der Waals surface area contributed by atoms with Gasteiger partial charge in [0.05, 0.1) is 6.10 Å². The largest absolute Gasteiger partial charge is 0.489 e. The zero-order valence-corrected chi connectivity index (χ0v) is 15.9. The van der Waals surface area contributed by atoms with E-state index in [4.69, 9.17) is 4.74 Å². The standard InChI is InChI=1S/C20H25N3O5/c1-2-22-10-13(24)8-15(11-22)28-14-3-4-16-12(7-14)9-23(20(16)27)17-5-6-18(25)21-19(17)26/h3-4,7,13,15,17,24H,2,5-6,8-11H2,1H3,(H,21,25,26)/t13-,15-,17?/m1/s1. The third-order valence-electron chi connectivity index (χ3n) is 5.71. The number of nitrogens with one attached hydrogen (secondary N) is 1. The molecule has 0 aromatic heterocycles. The second-order valence-electron chi connectivity index (χ2n) is 7.70. The molecule has 150 valence electrons. The van der Waals surface area contributed by atoms with Crippen LogP contribution in [0, 0.1) is 0 Å². The van der Waals surface area contributed by atoms with E-state index in [9.17, 15) is 19.5 Å². The van der Waals surface area contributed by atoms with Crippen molar-refractivity contribution in [2.24, 2.45) is 0 Å².